The Morgan fingerprint density at radius 1 is 1.53 bits per heavy atom. The molecule has 106 valence electrons. The van der Waals surface area contributed by atoms with Gasteiger partial charge >= 0.3 is 0 Å². The molecule has 2 atom stereocenters. The molecule has 0 heterocycles. The topological polar surface area (TPSA) is 72.2 Å². The number of carbonyl (C=O) groups excluding carboxylic acids is 1. The molecule has 0 aromatic heterocycles. The van der Waals surface area contributed by atoms with Crippen LogP contribution in [0.2, 0.25) is 0 Å². The highest BCUT2D eigenvalue weighted by molar-refractivity contribution is 7.86. The van der Waals surface area contributed by atoms with Crippen molar-refractivity contribution < 1.29 is 13.4 Å². The Bertz CT molecular complexity index is 480. The second-order valence-electron chi connectivity index (χ2n) is 4.31. The van der Waals surface area contributed by atoms with E-state index in [2.05, 4.69) is 5.32 Å². The predicted molar refractivity (Wildman–Crippen MR) is 76.8 cm³/mol. The largest absolute Gasteiger partial charge is 0.396 e. The lowest BCUT2D eigenvalue weighted by molar-refractivity contribution is -0.115. The van der Waals surface area contributed by atoms with E-state index in [1.54, 1.807) is 6.92 Å². The Morgan fingerprint density at radius 3 is 2.79 bits per heavy atom. The lowest BCUT2D eigenvalue weighted by Crippen LogP contribution is -2.30. The van der Waals surface area contributed by atoms with Crippen molar-refractivity contribution in [2.24, 2.45) is 0 Å². The summed E-state index contributed by atoms with van der Waals surface area (Å²) in [6, 6.07) is 3.95. The minimum Gasteiger partial charge on any atom is -0.396 e. The standard InChI is InChI=1S/C13H19FN2O2S/c1-3-4-7-19(18)9(2)13(17)16-10-5-6-11(14)12(15)8-10/h5-6,8-9H,3-4,7,15H2,1-2H3,(H,16,17). The molecule has 0 spiro atoms. The first-order chi connectivity index (χ1) is 8.95. The fourth-order valence-corrected chi connectivity index (χ4v) is 2.67. The molecular weight excluding hydrogens is 267 g/mol. The quantitative estimate of drug-likeness (QED) is 0.788. The van der Waals surface area contributed by atoms with Gasteiger partial charge in [0, 0.05) is 22.2 Å². The van der Waals surface area contributed by atoms with Crippen LogP contribution in [0, 0.1) is 5.82 Å². The number of carbonyl (C=O) groups is 1. The highest BCUT2D eigenvalue weighted by Crippen LogP contribution is 2.17. The fraction of sp³-hybridized carbons (Fsp3) is 0.462. The maximum absolute atomic E-state index is 13.0. The van der Waals surface area contributed by atoms with Crippen LogP contribution in [0.25, 0.3) is 0 Å². The number of nitrogens with one attached hydrogen (secondary N) is 1. The average Bonchev–Trinajstić information content (AvgIpc) is 2.39. The van der Waals surface area contributed by atoms with Crippen LogP contribution in [0.5, 0.6) is 0 Å². The molecule has 19 heavy (non-hydrogen) atoms. The Hall–Kier alpha value is -1.43. The van der Waals surface area contributed by atoms with Crippen LogP contribution in [-0.4, -0.2) is 21.1 Å². The van der Waals surface area contributed by atoms with E-state index < -0.39 is 21.9 Å². The van der Waals surface area contributed by atoms with Crippen LogP contribution >= 0.6 is 0 Å². The second-order valence-corrected chi connectivity index (χ2v) is 6.18. The van der Waals surface area contributed by atoms with Gasteiger partial charge < -0.3 is 11.1 Å². The summed E-state index contributed by atoms with van der Waals surface area (Å²) in [4.78, 5) is 11.9. The average molecular weight is 286 g/mol. The molecule has 6 heteroatoms. The lowest BCUT2D eigenvalue weighted by atomic mass is 10.2. The van der Waals surface area contributed by atoms with E-state index in [1.807, 2.05) is 6.92 Å². The first-order valence-electron chi connectivity index (χ1n) is 6.18. The molecule has 0 radical (unpaired) electrons. The molecule has 1 amide bonds. The van der Waals surface area contributed by atoms with E-state index in [1.165, 1.54) is 18.2 Å². The summed E-state index contributed by atoms with van der Waals surface area (Å²) in [6.07, 6.45) is 1.77. The van der Waals surface area contributed by atoms with Crippen molar-refractivity contribution in [1.82, 2.24) is 0 Å². The zero-order valence-electron chi connectivity index (χ0n) is 11.1. The van der Waals surface area contributed by atoms with Gasteiger partial charge in [0.25, 0.3) is 0 Å². The van der Waals surface area contributed by atoms with Crippen molar-refractivity contribution in [3.8, 4) is 0 Å². The molecule has 1 aromatic rings. The minimum atomic E-state index is -1.20. The first kappa shape index (κ1) is 15.6. The number of amides is 1. The van der Waals surface area contributed by atoms with Crippen molar-refractivity contribution in [1.29, 1.82) is 0 Å². The van der Waals surface area contributed by atoms with Gasteiger partial charge in [0.2, 0.25) is 5.91 Å². The number of unbranched alkanes of at least 4 members (excludes halogenated alkanes) is 1. The first-order valence-corrected chi connectivity index (χ1v) is 7.57. The van der Waals surface area contributed by atoms with E-state index in [-0.39, 0.29) is 11.6 Å². The van der Waals surface area contributed by atoms with E-state index in [9.17, 15) is 13.4 Å². The Morgan fingerprint density at radius 2 is 2.21 bits per heavy atom. The summed E-state index contributed by atoms with van der Waals surface area (Å²) < 4.78 is 24.8. The van der Waals surface area contributed by atoms with Crippen LogP contribution in [0.15, 0.2) is 18.2 Å². The third-order valence-corrected chi connectivity index (χ3v) is 4.42. The monoisotopic (exact) mass is 286 g/mol. The molecular formula is C13H19FN2O2S. The number of halogens is 1. The van der Waals surface area contributed by atoms with E-state index >= 15 is 0 Å². The Kier molecular flexibility index (Phi) is 5.95. The number of rotatable bonds is 6. The van der Waals surface area contributed by atoms with Crippen molar-refractivity contribution in [3.63, 3.8) is 0 Å². The van der Waals surface area contributed by atoms with Crippen LogP contribution in [0.1, 0.15) is 26.7 Å². The van der Waals surface area contributed by atoms with Gasteiger partial charge in [-0.1, -0.05) is 13.3 Å². The van der Waals surface area contributed by atoms with Gasteiger partial charge in [0.15, 0.2) is 0 Å². The molecule has 4 nitrogen and oxygen atoms in total. The molecule has 0 aliphatic carbocycles. The summed E-state index contributed by atoms with van der Waals surface area (Å²) in [5.74, 6) is -0.366. The zero-order chi connectivity index (χ0) is 14.4. The SMILES string of the molecule is CCCCS(=O)C(C)C(=O)Nc1ccc(F)c(N)c1. The zero-order valence-corrected chi connectivity index (χ0v) is 11.9. The van der Waals surface area contributed by atoms with Crippen LogP contribution in [0.3, 0.4) is 0 Å². The highest BCUT2D eigenvalue weighted by atomic mass is 32.2. The lowest BCUT2D eigenvalue weighted by Gasteiger charge is -2.12. The number of hydrogen-bond acceptors (Lipinski definition) is 3. The van der Waals surface area contributed by atoms with Crippen LogP contribution < -0.4 is 11.1 Å². The molecule has 3 N–H and O–H groups in total. The number of nitrogen functional groups attached to an aromatic ring is 1. The molecule has 1 aromatic carbocycles. The van der Waals surface area contributed by atoms with Gasteiger partial charge in [-0.15, -0.1) is 0 Å². The van der Waals surface area contributed by atoms with Gasteiger partial charge in [-0.05, 0) is 31.5 Å². The molecule has 2 unspecified atom stereocenters. The molecule has 0 saturated heterocycles. The van der Waals surface area contributed by atoms with E-state index in [0.29, 0.717) is 11.4 Å². The number of hydrogen-bond donors (Lipinski definition) is 2. The number of anilines is 2. The van der Waals surface area contributed by atoms with E-state index in [0.717, 1.165) is 12.8 Å². The molecule has 1 rings (SSSR count). The summed E-state index contributed by atoms with van der Waals surface area (Å²) in [7, 11) is -1.20. The maximum atomic E-state index is 13.0. The van der Waals surface area contributed by atoms with Gasteiger partial charge in [-0.3, -0.25) is 9.00 Å². The number of nitrogens with two attached hydrogens (primary N) is 1. The van der Waals surface area contributed by atoms with E-state index in [4.69, 9.17) is 5.73 Å². The summed E-state index contributed by atoms with van der Waals surface area (Å²) >= 11 is 0. The van der Waals surface area contributed by atoms with Crippen molar-refractivity contribution >= 4 is 28.1 Å². The number of benzene rings is 1. The smallest absolute Gasteiger partial charge is 0.239 e. The second kappa shape index (κ2) is 7.23. The molecule has 0 aliphatic heterocycles. The maximum Gasteiger partial charge on any atom is 0.239 e. The van der Waals surface area contributed by atoms with Crippen molar-refractivity contribution in [2.75, 3.05) is 16.8 Å². The van der Waals surface area contributed by atoms with Crippen molar-refractivity contribution in [3.05, 3.63) is 24.0 Å². The normalized spacial score (nSPS) is 13.8. The third kappa shape index (κ3) is 4.63. The minimum absolute atomic E-state index is 0.0300. The molecule has 0 saturated carbocycles. The predicted octanol–water partition coefficient (Wildman–Crippen LogP) is 2.28. The third-order valence-electron chi connectivity index (χ3n) is 2.73. The fourth-order valence-electron chi connectivity index (χ4n) is 1.45. The van der Waals surface area contributed by atoms with Gasteiger partial charge in [0.05, 0.1) is 5.69 Å². The van der Waals surface area contributed by atoms with Gasteiger partial charge in [-0.25, -0.2) is 4.39 Å². The van der Waals surface area contributed by atoms with Crippen LogP contribution in [0.4, 0.5) is 15.8 Å². The summed E-state index contributed by atoms with van der Waals surface area (Å²) in [5.41, 5.74) is 5.79. The van der Waals surface area contributed by atoms with Gasteiger partial charge in [0.1, 0.15) is 11.1 Å². The van der Waals surface area contributed by atoms with Gasteiger partial charge in [-0.2, -0.15) is 0 Å². The summed E-state index contributed by atoms with van der Waals surface area (Å²) in [6.45, 7) is 3.62. The Balaban J connectivity index is 2.63. The summed E-state index contributed by atoms with van der Waals surface area (Å²) in [5, 5.41) is 1.99. The van der Waals surface area contributed by atoms with Crippen molar-refractivity contribution in [2.45, 2.75) is 31.9 Å². The molecule has 0 fully saturated rings. The Labute approximate surface area is 115 Å². The molecule has 0 aliphatic rings. The molecule has 0 bridgehead atoms. The highest BCUT2D eigenvalue weighted by Gasteiger charge is 2.19. The van der Waals surface area contributed by atoms with Crippen LogP contribution in [-0.2, 0) is 15.6 Å².